The van der Waals surface area contributed by atoms with E-state index in [2.05, 4.69) is 0 Å². The van der Waals surface area contributed by atoms with Crippen LogP contribution in [0, 0.1) is 0 Å². The maximum absolute atomic E-state index is 8.61. The van der Waals surface area contributed by atoms with Gasteiger partial charge in [0, 0.05) is 13.2 Å². The van der Waals surface area contributed by atoms with Gasteiger partial charge in [-0.2, -0.15) is 0 Å². The summed E-state index contributed by atoms with van der Waals surface area (Å²) < 4.78 is 9.55. The van der Waals surface area contributed by atoms with Gasteiger partial charge in [0.2, 0.25) is 0 Å². The molecule has 6 nitrogen and oxygen atoms in total. The molecule has 100 valence electrons. The predicted octanol–water partition coefficient (Wildman–Crippen LogP) is -1.25. The van der Waals surface area contributed by atoms with Gasteiger partial charge in [0.05, 0.1) is 26.4 Å². The molecule has 4 N–H and O–H groups in total. The van der Waals surface area contributed by atoms with Crippen molar-refractivity contribution in [1.82, 2.24) is 0 Å². The standard InChI is InChI=1S/2C5H12O3/c2*1-2-8-4-5(7)3-6/h2*5-7H,2-4H2,1H3. The van der Waals surface area contributed by atoms with E-state index >= 15 is 0 Å². The first-order valence-electron chi connectivity index (χ1n) is 5.35. The SMILES string of the molecule is CCOCC(O)CO.CCOCC(O)CO. The Bertz CT molecular complexity index is 108. The van der Waals surface area contributed by atoms with Crippen LogP contribution >= 0.6 is 0 Å². The Hall–Kier alpha value is -0.240. The molecule has 0 fully saturated rings. The third-order valence-electron chi connectivity index (χ3n) is 1.45. The monoisotopic (exact) mass is 240 g/mol. The number of rotatable bonds is 8. The van der Waals surface area contributed by atoms with Gasteiger partial charge in [-0.05, 0) is 13.8 Å². The van der Waals surface area contributed by atoms with Crippen LogP contribution in [0.3, 0.4) is 0 Å². The highest BCUT2D eigenvalue weighted by atomic mass is 16.5. The summed E-state index contributed by atoms with van der Waals surface area (Å²) in [5.41, 5.74) is 0. The molecule has 0 saturated carbocycles. The number of hydrogen-bond acceptors (Lipinski definition) is 6. The first-order chi connectivity index (χ1) is 7.62. The summed E-state index contributed by atoms with van der Waals surface area (Å²) in [6.45, 7) is 4.85. The van der Waals surface area contributed by atoms with Gasteiger partial charge in [-0.1, -0.05) is 0 Å². The summed E-state index contributed by atoms with van der Waals surface area (Å²) in [7, 11) is 0. The number of aliphatic hydroxyl groups excluding tert-OH is 4. The molecule has 0 aromatic carbocycles. The highest BCUT2D eigenvalue weighted by Gasteiger charge is 1.98. The average molecular weight is 240 g/mol. The number of ether oxygens (including phenoxy) is 2. The van der Waals surface area contributed by atoms with E-state index in [0.717, 1.165) is 0 Å². The lowest BCUT2D eigenvalue weighted by Crippen LogP contribution is -2.19. The fourth-order valence-electron chi connectivity index (χ4n) is 0.613. The molecule has 0 amide bonds. The van der Waals surface area contributed by atoms with Crippen molar-refractivity contribution in [1.29, 1.82) is 0 Å². The average Bonchev–Trinajstić information content (AvgIpc) is 2.33. The second kappa shape index (κ2) is 14.8. The fraction of sp³-hybridized carbons (Fsp3) is 1.00. The van der Waals surface area contributed by atoms with Crippen LogP contribution in [-0.4, -0.2) is 72.3 Å². The van der Waals surface area contributed by atoms with Gasteiger partial charge >= 0.3 is 0 Å². The summed E-state index contributed by atoms with van der Waals surface area (Å²) >= 11 is 0. The lowest BCUT2D eigenvalue weighted by atomic mass is 10.4. The third kappa shape index (κ3) is 16.2. The van der Waals surface area contributed by atoms with E-state index in [4.69, 9.17) is 29.9 Å². The van der Waals surface area contributed by atoms with E-state index in [1.54, 1.807) is 0 Å². The van der Waals surface area contributed by atoms with Gasteiger partial charge in [0.25, 0.3) is 0 Å². The van der Waals surface area contributed by atoms with Gasteiger partial charge in [-0.15, -0.1) is 0 Å². The van der Waals surface area contributed by atoms with Crippen LogP contribution in [0.4, 0.5) is 0 Å². The normalized spacial score (nSPS) is 13.9. The molecule has 0 aliphatic heterocycles. The van der Waals surface area contributed by atoms with Crippen LogP contribution in [0.15, 0.2) is 0 Å². The van der Waals surface area contributed by atoms with E-state index in [1.807, 2.05) is 13.8 Å². The van der Waals surface area contributed by atoms with Gasteiger partial charge in [0.1, 0.15) is 12.2 Å². The van der Waals surface area contributed by atoms with Crippen molar-refractivity contribution >= 4 is 0 Å². The van der Waals surface area contributed by atoms with Gasteiger partial charge in [0.15, 0.2) is 0 Å². The van der Waals surface area contributed by atoms with Crippen molar-refractivity contribution in [2.45, 2.75) is 26.1 Å². The minimum atomic E-state index is -0.713. The molecule has 0 rings (SSSR count). The second-order valence-corrected chi connectivity index (χ2v) is 2.99. The first-order valence-corrected chi connectivity index (χ1v) is 5.35. The second-order valence-electron chi connectivity index (χ2n) is 2.99. The molecule has 0 aliphatic carbocycles. The predicted molar refractivity (Wildman–Crippen MR) is 59.2 cm³/mol. The Morgan fingerprint density at radius 1 is 0.812 bits per heavy atom. The maximum Gasteiger partial charge on any atom is 0.100 e. The van der Waals surface area contributed by atoms with Gasteiger partial charge in [-0.25, -0.2) is 0 Å². The molecular weight excluding hydrogens is 216 g/mol. The molecule has 16 heavy (non-hydrogen) atoms. The molecule has 2 unspecified atom stereocenters. The Morgan fingerprint density at radius 2 is 1.12 bits per heavy atom. The Labute approximate surface area is 96.4 Å². The Balaban J connectivity index is 0. The molecular formula is C10H24O6. The van der Waals surface area contributed by atoms with Crippen molar-refractivity contribution in [3.05, 3.63) is 0 Å². The van der Waals surface area contributed by atoms with Crippen molar-refractivity contribution in [3.8, 4) is 0 Å². The quantitative estimate of drug-likeness (QED) is 0.423. The summed E-state index contributed by atoms with van der Waals surface area (Å²) in [5, 5.41) is 33.7. The number of hydrogen-bond donors (Lipinski definition) is 4. The summed E-state index contributed by atoms with van der Waals surface area (Å²) in [6, 6.07) is 0. The molecule has 0 heterocycles. The van der Waals surface area contributed by atoms with Crippen molar-refractivity contribution in [2.24, 2.45) is 0 Å². The zero-order valence-corrected chi connectivity index (χ0v) is 10.0. The molecule has 0 radical (unpaired) electrons. The molecule has 0 aromatic heterocycles. The molecule has 0 aliphatic rings. The van der Waals surface area contributed by atoms with Crippen LogP contribution in [0.2, 0.25) is 0 Å². The van der Waals surface area contributed by atoms with Crippen molar-refractivity contribution in [3.63, 3.8) is 0 Å². The molecule has 0 aromatic rings. The van der Waals surface area contributed by atoms with Crippen LogP contribution in [0.25, 0.3) is 0 Å². The van der Waals surface area contributed by atoms with Gasteiger partial charge < -0.3 is 29.9 Å². The smallest absolute Gasteiger partial charge is 0.100 e. The number of aliphatic hydroxyl groups is 4. The molecule has 6 heteroatoms. The third-order valence-corrected chi connectivity index (χ3v) is 1.45. The highest BCUT2D eigenvalue weighted by Crippen LogP contribution is 1.81. The van der Waals surface area contributed by atoms with E-state index in [-0.39, 0.29) is 26.4 Å². The summed E-state index contributed by atoms with van der Waals surface area (Å²) in [4.78, 5) is 0. The molecule has 0 bridgehead atoms. The Morgan fingerprint density at radius 3 is 1.31 bits per heavy atom. The van der Waals surface area contributed by atoms with Crippen LogP contribution < -0.4 is 0 Å². The lowest BCUT2D eigenvalue weighted by molar-refractivity contribution is 0.0104. The van der Waals surface area contributed by atoms with Gasteiger partial charge in [-0.3, -0.25) is 0 Å². The van der Waals surface area contributed by atoms with Crippen LogP contribution in [0.1, 0.15) is 13.8 Å². The Kier molecular flexibility index (Phi) is 16.7. The molecule has 2 atom stereocenters. The largest absolute Gasteiger partial charge is 0.394 e. The summed E-state index contributed by atoms with van der Waals surface area (Å²) in [6.07, 6.45) is -1.43. The minimum absolute atomic E-state index is 0.222. The van der Waals surface area contributed by atoms with E-state index in [0.29, 0.717) is 13.2 Å². The van der Waals surface area contributed by atoms with Crippen LogP contribution in [-0.2, 0) is 9.47 Å². The fourth-order valence-corrected chi connectivity index (χ4v) is 0.613. The van der Waals surface area contributed by atoms with E-state index in [1.165, 1.54) is 0 Å². The molecule has 0 spiro atoms. The lowest BCUT2D eigenvalue weighted by Gasteiger charge is -2.04. The first kappa shape index (κ1) is 18.1. The zero-order chi connectivity index (χ0) is 12.8. The minimum Gasteiger partial charge on any atom is -0.394 e. The topological polar surface area (TPSA) is 99.4 Å². The maximum atomic E-state index is 8.61. The van der Waals surface area contributed by atoms with Crippen LogP contribution in [0.5, 0.6) is 0 Å². The molecule has 0 saturated heterocycles. The van der Waals surface area contributed by atoms with Crippen molar-refractivity contribution < 1.29 is 29.9 Å². The van der Waals surface area contributed by atoms with E-state index in [9.17, 15) is 0 Å². The van der Waals surface area contributed by atoms with Crippen molar-refractivity contribution in [2.75, 3.05) is 39.6 Å². The zero-order valence-electron chi connectivity index (χ0n) is 10.0. The van der Waals surface area contributed by atoms with E-state index < -0.39 is 12.2 Å². The highest BCUT2D eigenvalue weighted by molar-refractivity contribution is 4.47. The summed E-state index contributed by atoms with van der Waals surface area (Å²) in [5.74, 6) is 0.